The van der Waals surface area contributed by atoms with Crippen molar-refractivity contribution < 1.29 is 23.4 Å². The number of benzene rings is 1. The Morgan fingerprint density at radius 1 is 1.44 bits per heavy atom. The largest absolute Gasteiger partial charge is 0.506 e. The number of rotatable bonds is 5. The quantitative estimate of drug-likeness (QED) is 0.673. The van der Waals surface area contributed by atoms with E-state index < -0.39 is 22.7 Å². The van der Waals surface area contributed by atoms with Crippen LogP contribution in [0.1, 0.15) is 5.56 Å². The number of phenols is 1. The Kier molecular flexibility index (Phi) is 4.15. The van der Waals surface area contributed by atoms with Gasteiger partial charge in [-0.15, -0.1) is 0 Å². The normalized spacial score (nSPS) is 11.5. The lowest BCUT2D eigenvalue weighted by Gasteiger charge is -2.17. The fraction of sp³-hybridized carbons (Fsp3) is 0.300. The summed E-state index contributed by atoms with van der Waals surface area (Å²) in [6.07, 6.45) is 0. The number of phenolic OH excluding ortho intramolecular Hbond substituents is 1. The highest BCUT2D eigenvalue weighted by molar-refractivity contribution is 7.90. The Balaban J connectivity index is 2.95. The maximum absolute atomic E-state index is 11.7. The van der Waals surface area contributed by atoms with Crippen LogP contribution in [0.4, 0.5) is 5.69 Å². The van der Waals surface area contributed by atoms with Crippen LogP contribution in [0.5, 0.6) is 5.75 Å². The second kappa shape index (κ2) is 5.23. The summed E-state index contributed by atoms with van der Waals surface area (Å²) >= 11 is 0. The number of anilines is 1. The summed E-state index contributed by atoms with van der Waals surface area (Å²) in [7, 11) is -2.88. The Morgan fingerprint density at radius 3 is 2.61 bits per heavy atom. The maximum atomic E-state index is 11.7. The zero-order chi connectivity index (χ0) is 13.9. The molecule has 0 amide bonds. The Hall–Kier alpha value is -1.80. The highest BCUT2D eigenvalue weighted by Crippen LogP contribution is 2.25. The Bertz CT molecular complexity index is 555. The molecule has 0 aromatic heterocycles. The minimum Gasteiger partial charge on any atom is -0.506 e. The third-order valence-corrected chi connectivity index (χ3v) is 3.59. The summed E-state index contributed by atoms with van der Waals surface area (Å²) in [5.74, 6) is -1.50. The first kappa shape index (κ1) is 14.3. The minimum atomic E-state index is -4.01. The SMILES string of the molecule is Cc1ccc(O)c(NS(=O)(=O)N(C)CC(=O)O)c1. The summed E-state index contributed by atoms with van der Waals surface area (Å²) in [6.45, 7) is 1.07. The first-order valence-electron chi connectivity index (χ1n) is 4.98. The molecule has 0 unspecified atom stereocenters. The highest BCUT2D eigenvalue weighted by Gasteiger charge is 2.21. The van der Waals surface area contributed by atoms with Gasteiger partial charge in [-0.1, -0.05) is 6.07 Å². The van der Waals surface area contributed by atoms with Crippen LogP contribution in [-0.4, -0.2) is 42.5 Å². The van der Waals surface area contributed by atoms with Crippen molar-refractivity contribution in [1.29, 1.82) is 0 Å². The topological polar surface area (TPSA) is 107 Å². The second-order valence-corrected chi connectivity index (χ2v) is 5.56. The number of carboxylic acid groups (broad SMARTS) is 1. The minimum absolute atomic E-state index is 0.00670. The molecule has 0 saturated carbocycles. The molecule has 0 spiro atoms. The molecule has 0 bridgehead atoms. The van der Waals surface area contributed by atoms with Crippen molar-refractivity contribution in [2.75, 3.05) is 18.3 Å². The van der Waals surface area contributed by atoms with Gasteiger partial charge < -0.3 is 10.2 Å². The molecule has 7 nitrogen and oxygen atoms in total. The summed E-state index contributed by atoms with van der Waals surface area (Å²) in [5, 5.41) is 18.0. The lowest BCUT2D eigenvalue weighted by Crippen LogP contribution is -2.36. The number of carbonyl (C=O) groups is 1. The number of aromatic hydroxyl groups is 1. The molecule has 0 heterocycles. The average Bonchev–Trinajstić information content (AvgIpc) is 2.22. The molecule has 1 aromatic rings. The number of carboxylic acids is 1. The van der Waals surface area contributed by atoms with Gasteiger partial charge >= 0.3 is 16.2 Å². The molecule has 8 heteroatoms. The molecule has 18 heavy (non-hydrogen) atoms. The Labute approximate surface area is 105 Å². The zero-order valence-electron chi connectivity index (χ0n) is 9.91. The fourth-order valence-corrected chi connectivity index (χ4v) is 2.10. The van der Waals surface area contributed by atoms with Gasteiger partial charge in [0, 0.05) is 7.05 Å². The van der Waals surface area contributed by atoms with E-state index in [0.717, 1.165) is 12.6 Å². The molecule has 0 aliphatic carbocycles. The van der Waals surface area contributed by atoms with Gasteiger partial charge in [-0.25, -0.2) is 0 Å². The van der Waals surface area contributed by atoms with E-state index in [1.54, 1.807) is 13.0 Å². The van der Waals surface area contributed by atoms with Crippen LogP contribution in [0.2, 0.25) is 0 Å². The molecule has 1 rings (SSSR count). The first-order chi connectivity index (χ1) is 8.22. The van der Waals surface area contributed by atoms with Gasteiger partial charge in [0.05, 0.1) is 5.69 Å². The predicted molar refractivity (Wildman–Crippen MR) is 65.7 cm³/mol. The van der Waals surface area contributed by atoms with Crippen molar-refractivity contribution in [2.45, 2.75) is 6.92 Å². The summed E-state index contributed by atoms with van der Waals surface area (Å²) < 4.78 is 26.2. The van der Waals surface area contributed by atoms with Crippen LogP contribution in [0.3, 0.4) is 0 Å². The molecular weight excluding hydrogens is 260 g/mol. The van der Waals surface area contributed by atoms with Gasteiger partial charge in [0.2, 0.25) is 0 Å². The van der Waals surface area contributed by atoms with Gasteiger partial charge in [-0.2, -0.15) is 12.7 Å². The number of nitrogens with one attached hydrogen (secondary N) is 1. The molecule has 100 valence electrons. The molecule has 0 aliphatic heterocycles. The molecule has 0 atom stereocenters. The van der Waals surface area contributed by atoms with Crippen molar-refractivity contribution >= 4 is 21.9 Å². The van der Waals surface area contributed by atoms with Crippen LogP contribution < -0.4 is 4.72 Å². The second-order valence-electron chi connectivity index (χ2n) is 3.78. The smallest absolute Gasteiger partial charge is 0.318 e. The Morgan fingerprint density at radius 2 is 2.06 bits per heavy atom. The monoisotopic (exact) mass is 274 g/mol. The third-order valence-electron chi connectivity index (χ3n) is 2.16. The summed E-state index contributed by atoms with van der Waals surface area (Å²) in [5.41, 5.74) is 0.763. The fourth-order valence-electron chi connectivity index (χ4n) is 1.22. The van der Waals surface area contributed by atoms with E-state index in [2.05, 4.69) is 4.72 Å². The van der Waals surface area contributed by atoms with Gasteiger partial charge in [0.1, 0.15) is 12.3 Å². The van der Waals surface area contributed by atoms with Crippen molar-refractivity contribution in [3.05, 3.63) is 23.8 Å². The number of aryl methyl sites for hydroxylation is 1. The highest BCUT2D eigenvalue weighted by atomic mass is 32.2. The molecule has 1 aromatic carbocycles. The van der Waals surface area contributed by atoms with E-state index >= 15 is 0 Å². The number of hydrogen-bond donors (Lipinski definition) is 3. The van der Waals surface area contributed by atoms with Crippen LogP contribution in [0.15, 0.2) is 18.2 Å². The molecular formula is C10H14N2O5S. The number of aliphatic carboxylic acids is 1. The van der Waals surface area contributed by atoms with Gasteiger partial charge in [0.15, 0.2) is 0 Å². The van der Waals surface area contributed by atoms with Gasteiger partial charge in [0.25, 0.3) is 0 Å². The molecule has 0 saturated heterocycles. The van der Waals surface area contributed by atoms with Crippen LogP contribution in [0.25, 0.3) is 0 Å². The average molecular weight is 274 g/mol. The third kappa shape index (κ3) is 3.60. The van der Waals surface area contributed by atoms with Gasteiger partial charge in [-0.05, 0) is 24.6 Å². The molecule has 0 fully saturated rings. The molecule has 0 aliphatic rings. The first-order valence-corrected chi connectivity index (χ1v) is 6.42. The van der Waals surface area contributed by atoms with E-state index in [4.69, 9.17) is 5.11 Å². The zero-order valence-corrected chi connectivity index (χ0v) is 10.7. The van der Waals surface area contributed by atoms with Gasteiger partial charge in [-0.3, -0.25) is 9.52 Å². The van der Waals surface area contributed by atoms with Crippen LogP contribution in [0, 0.1) is 6.92 Å². The number of nitrogens with zero attached hydrogens (tertiary/aromatic N) is 1. The molecule has 3 N–H and O–H groups in total. The molecule has 0 radical (unpaired) electrons. The standard InChI is InChI=1S/C10H14N2O5S/c1-7-3-4-9(13)8(5-7)11-18(16,17)12(2)6-10(14)15/h3-5,11,13H,6H2,1-2H3,(H,14,15). The van der Waals surface area contributed by atoms with E-state index in [-0.39, 0.29) is 11.4 Å². The van der Waals surface area contributed by atoms with Crippen LogP contribution >= 0.6 is 0 Å². The van der Waals surface area contributed by atoms with Crippen molar-refractivity contribution in [3.8, 4) is 5.75 Å². The van der Waals surface area contributed by atoms with E-state index in [0.29, 0.717) is 4.31 Å². The lowest BCUT2D eigenvalue weighted by atomic mass is 10.2. The number of hydrogen-bond acceptors (Lipinski definition) is 4. The van der Waals surface area contributed by atoms with E-state index in [1.165, 1.54) is 12.1 Å². The number of likely N-dealkylation sites (N-methyl/N-ethyl adjacent to an activating group) is 1. The van der Waals surface area contributed by atoms with Crippen molar-refractivity contribution in [3.63, 3.8) is 0 Å². The summed E-state index contributed by atoms with van der Waals surface area (Å²) in [4.78, 5) is 10.4. The van der Waals surface area contributed by atoms with E-state index in [9.17, 15) is 18.3 Å². The van der Waals surface area contributed by atoms with Crippen molar-refractivity contribution in [1.82, 2.24) is 4.31 Å². The maximum Gasteiger partial charge on any atom is 0.318 e. The lowest BCUT2D eigenvalue weighted by molar-refractivity contribution is -0.137. The summed E-state index contributed by atoms with van der Waals surface area (Å²) in [6, 6.07) is 4.42. The van der Waals surface area contributed by atoms with E-state index in [1.807, 2.05) is 0 Å². The predicted octanol–water partition coefficient (Wildman–Crippen LogP) is 0.374. The van der Waals surface area contributed by atoms with Crippen molar-refractivity contribution in [2.24, 2.45) is 0 Å². The van der Waals surface area contributed by atoms with Crippen LogP contribution in [-0.2, 0) is 15.0 Å².